The number of nitro groups is 1. The molecule has 28 heavy (non-hydrogen) atoms. The fraction of sp³-hybridized carbons (Fsp3) is 0.105. The van der Waals surface area contributed by atoms with Crippen LogP contribution in [-0.2, 0) is 6.54 Å². The van der Waals surface area contributed by atoms with Crippen molar-refractivity contribution in [1.82, 2.24) is 5.43 Å². The van der Waals surface area contributed by atoms with E-state index in [1.165, 1.54) is 25.5 Å². The van der Waals surface area contributed by atoms with Gasteiger partial charge in [0.25, 0.3) is 5.69 Å². The molecule has 1 heterocycles. The van der Waals surface area contributed by atoms with Crippen LogP contribution in [0.15, 0.2) is 58.0 Å². The van der Waals surface area contributed by atoms with Crippen LogP contribution in [0.5, 0.6) is 5.75 Å². The molecule has 0 aliphatic rings. The minimum absolute atomic E-state index is 0.0589. The molecule has 3 rings (SSSR count). The van der Waals surface area contributed by atoms with Crippen LogP contribution in [0.25, 0.3) is 11.3 Å². The molecular formula is C19H15Cl2N3O4. The number of methoxy groups -OCH3 is 1. The van der Waals surface area contributed by atoms with Crippen molar-refractivity contribution in [2.75, 3.05) is 7.11 Å². The molecular weight excluding hydrogens is 405 g/mol. The van der Waals surface area contributed by atoms with Gasteiger partial charge in [0.15, 0.2) is 0 Å². The lowest BCUT2D eigenvalue weighted by Crippen LogP contribution is -2.06. The van der Waals surface area contributed by atoms with E-state index >= 15 is 0 Å². The summed E-state index contributed by atoms with van der Waals surface area (Å²) in [6.45, 7) is 0.360. The summed E-state index contributed by atoms with van der Waals surface area (Å²) in [4.78, 5) is 10.4. The van der Waals surface area contributed by atoms with Crippen LogP contribution in [0, 0.1) is 10.1 Å². The Kier molecular flexibility index (Phi) is 6.18. The smallest absolute Gasteiger partial charge is 0.273 e. The molecule has 0 spiro atoms. The van der Waals surface area contributed by atoms with Crippen molar-refractivity contribution in [2.45, 2.75) is 6.54 Å². The van der Waals surface area contributed by atoms with Crippen molar-refractivity contribution < 1.29 is 14.1 Å². The molecule has 9 heteroatoms. The quantitative estimate of drug-likeness (QED) is 0.319. The van der Waals surface area contributed by atoms with E-state index in [9.17, 15) is 10.1 Å². The maximum Gasteiger partial charge on any atom is 0.273 e. The number of halogens is 2. The van der Waals surface area contributed by atoms with E-state index < -0.39 is 4.92 Å². The van der Waals surface area contributed by atoms with Crippen molar-refractivity contribution in [3.8, 4) is 17.1 Å². The van der Waals surface area contributed by atoms with E-state index in [1.54, 1.807) is 36.4 Å². The molecule has 0 radical (unpaired) electrons. The number of hydrogen-bond acceptors (Lipinski definition) is 6. The topological polar surface area (TPSA) is 89.9 Å². The normalized spacial score (nSPS) is 11.0. The first kappa shape index (κ1) is 19.7. The third-order valence-corrected chi connectivity index (χ3v) is 4.60. The molecule has 0 saturated carbocycles. The molecule has 3 aromatic rings. The maximum absolute atomic E-state index is 10.9. The predicted molar refractivity (Wildman–Crippen MR) is 108 cm³/mol. The number of ether oxygens (including phenoxy) is 1. The minimum Gasteiger partial charge on any atom is -0.496 e. The van der Waals surface area contributed by atoms with Crippen LogP contribution in [0.1, 0.15) is 11.3 Å². The zero-order chi connectivity index (χ0) is 20.1. The molecule has 0 atom stereocenters. The number of nitro benzene ring substituents is 1. The highest BCUT2D eigenvalue weighted by molar-refractivity contribution is 6.35. The summed E-state index contributed by atoms with van der Waals surface area (Å²) in [6, 6.07) is 13.1. The van der Waals surface area contributed by atoms with Gasteiger partial charge in [0, 0.05) is 21.7 Å². The summed E-state index contributed by atoms with van der Waals surface area (Å²) in [6.07, 6.45) is 1.51. The van der Waals surface area contributed by atoms with Crippen LogP contribution in [-0.4, -0.2) is 18.2 Å². The van der Waals surface area contributed by atoms with Gasteiger partial charge in [-0.25, -0.2) is 0 Å². The van der Waals surface area contributed by atoms with Gasteiger partial charge in [-0.15, -0.1) is 0 Å². The SMILES string of the molecule is COc1cc([N+](=O)[O-])ccc1-c1ccc(/C=N\NCc2c(Cl)cccc2Cl)o1. The fourth-order valence-corrected chi connectivity index (χ4v) is 3.03. The van der Waals surface area contributed by atoms with Crippen LogP contribution in [0.3, 0.4) is 0 Å². The second-order valence-corrected chi connectivity index (χ2v) is 6.45. The molecule has 2 aromatic carbocycles. The van der Waals surface area contributed by atoms with Gasteiger partial charge in [-0.05, 0) is 30.3 Å². The Bertz CT molecular complexity index is 1010. The van der Waals surface area contributed by atoms with Gasteiger partial charge >= 0.3 is 0 Å². The second kappa shape index (κ2) is 8.77. The minimum atomic E-state index is -0.483. The Morgan fingerprint density at radius 1 is 1.21 bits per heavy atom. The van der Waals surface area contributed by atoms with Crippen LogP contribution in [0.4, 0.5) is 5.69 Å². The molecule has 7 nitrogen and oxygen atoms in total. The first-order valence-electron chi connectivity index (χ1n) is 8.11. The Morgan fingerprint density at radius 2 is 1.96 bits per heavy atom. The van der Waals surface area contributed by atoms with E-state index in [2.05, 4.69) is 10.5 Å². The number of nitrogens with one attached hydrogen (secondary N) is 1. The number of hydrogen-bond donors (Lipinski definition) is 1. The van der Waals surface area contributed by atoms with E-state index in [0.717, 1.165) is 5.56 Å². The average Bonchev–Trinajstić information content (AvgIpc) is 3.15. The van der Waals surface area contributed by atoms with Gasteiger partial charge < -0.3 is 14.6 Å². The standard InChI is InChI=1S/C19H15Cl2N3O4/c1-27-19-9-12(24(25)26)5-7-14(19)18-8-6-13(28-18)10-22-23-11-15-16(20)3-2-4-17(15)21/h2-10,23H,11H2,1H3/b22-10-. The molecule has 144 valence electrons. The van der Waals surface area contributed by atoms with Crippen molar-refractivity contribution in [1.29, 1.82) is 0 Å². The van der Waals surface area contributed by atoms with E-state index in [0.29, 0.717) is 39.4 Å². The van der Waals surface area contributed by atoms with E-state index in [1.807, 2.05) is 0 Å². The molecule has 1 N–H and O–H groups in total. The second-order valence-electron chi connectivity index (χ2n) is 5.64. The van der Waals surface area contributed by atoms with E-state index in [4.69, 9.17) is 32.4 Å². The molecule has 0 amide bonds. The highest BCUT2D eigenvalue weighted by atomic mass is 35.5. The van der Waals surface area contributed by atoms with Crippen LogP contribution >= 0.6 is 23.2 Å². The summed E-state index contributed by atoms with van der Waals surface area (Å²) in [5.41, 5.74) is 4.15. The summed E-state index contributed by atoms with van der Waals surface area (Å²) < 4.78 is 11.0. The van der Waals surface area contributed by atoms with Crippen LogP contribution in [0.2, 0.25) is 10.0 Å². The molecule has 0 aliphatic heterocycles. The van der Waals surface area contributed by atoms with Crippen molar-refractivity contribution in [3.05, 3.63) is 80.0 Å². The van der Waals surface area contributed by atoms with Gasteiger partial charge in [0.2, 0.25) is 0 Å². The van der Waals surface area contributed by atoms with Crippen molar-refractivity contribution in [3.63, 3.8) is 0 Å². The first-order chi connectivity index (χ1) is 13.5. The third-order valence-electron chi connectivity index (χ3n) is 3.89. The Morgan fingerprint density at radius 3 is 2.64 bits per heavy atom. The van der Waals surface area contributed by atoms with Gasteiger partial charge in [-0.1, -0.05) is 29.3 Å². The van der Waals surface area contributed by atoms with Crippen molar-refractivity contribution in [2.24, 2.45) is 5.10 Å². The first-order valence-corrected chi connectivity index (χ1v) is 8.86. The van der Waals surface area contributed by atoms with Gasteiger partial charge in [0.1, 0.15) is 17.3 Å². The molecule has 0 unspecified atom stereocenters. The highest BCUT2D eigenvalue weighted by Crippen LogP contribution is 2.34. The Hall–Kier alpha value is -3.03. The average molecular weight is 420 g/mol. The monoisotopic (exact) mass is 419 g/mol. The van der Waals surface area contributed by atoms with Gasteiger partial charge in [-0.3, -0.25) is 10.1 Å². The molecule has 1 aromatic heterocycles. The number of benzene rings is 2. The lowest BCUT2D eigenvalue weighted by atomic mass is 10.1. The number of rotatable bonds is 7. The van der Waals surface area contributed by atoms with Gasteiger partial charge in [-0.2, -0.15) is 5.10 Å². The largest absolute Gasteiger partial charge is 0.496 e. The predicted octanol–water partition coefficient (Wildman–Crippen LogP) is 5.29. The number of nitrogens with zero attached hydrogens (tertiary/aromatic N) is 2. The molecule has 0 bridgehead atoms. The van der Waals surface area contributed by atoms with Gasteiger partial charge in [0.05, 0.1) is 36.4 Å². The summed E-state index contributed by atoms with van der Waals surface area (Å²) in [5.74, 6) is 1.34. The maximum atomic E-state index is 10.9. The van der Waals surface area contributed by atoms with E-state index in [-0.39, 0.29) is 5.69 Å². The number of hydrazone groups is 1. The van der Waals surface area contributed by atoms with Crippen LogP contribution < -0.4 is 10.2 Å². The van der Waals surface area contributed by atoms with Crippen molar-refractivity contribution >= 4 is 35.1 Å². The lowest BCUT2D eigenvalue weighted by molar-refractivity contribution is -0.384. The molecule has 0 aliphatic carbocycles. The number of furan rings is 1. The summed E-state index contributed by atoms with van der Waals surface area (Å²) in [7, 11) is 1.44. The zero-order valence-electron chi connectivity index (χ0n) is 14.7. The Balaban J connectivity index is 1.71. The lowest BCUT2D eigenvalue weighted by Gasteiger charge is -2.06. The highest BCUT2D eigenvalue weighted by Gasteiger charge is 2.15. The fourth-order valence-electron chi connectivity index (χ4n) is 2.50. The number of non-ortho nitro benzene ring substituents is 1. The Labute approximate surface area is 170 Å². The summed E-state index contributed by atoms with van der Waals surface area (Å²) >= 11 is 12.2. The molecule has 0 saturated heterocycles. The zero-order valence-corrected chi connectivity index (χ0v) is 16.2. The molecule has 0 fully saturated rings. The third kappa shape index (κ3) is 4.44. The summed E-state index contributed by atoms with van der Waals surface area (Å²) in [5, 5.41) is 16.1.